The molecule has 0 saturated carbocycles. The minimum Gasteiger partial charge on any atom is -0.371 e. The summed E-state index contributed by atoms with van der Waals surface area (Å²) in [6.07, 6.45) is 3.91. The molecule has 0 aliphatic carbocycles. The van der Waals surface area contributed by atoms with Crippen molar-refractivity contribution in [3.8, 4) is 0 Å². The molecule has 1 aliphatic heterocycles. The second-order valence-electron chi connectivity index (χ2n) is 6.97. The van der Waals surface area contributed by atoms with E-state index in [9.17, 15) is 0 Å². The molecule has 1 N–H and O–H groups in total. The fourth-order valence-corrected chi connectivity index (χ4v) is 2.55. The molecule has 2 unspecified atom stereocenters. The van der Waals surface area contributed by atoms with E-state index in [1.165, 1.54) is 11.3 Å². The van der Waals surface area contributed by atoms with Crippen LogP contribution in [0.5, 0.6) is 0 Å². The molecule has 1 aromatic heterocycles. The zero-order valence-electron chi connectivity index (χ0n) is 12.9. The summed E-state index contributed by atoms with van der Waals surface area (Å²) in [5.41, 5.74) is 2.79. The maximum atomic E-state index is 4.29. The summed E-state index contributed by atoms with van der Waals surface area (Å²) < 4.78 is 0. The average molecular weight is 261 g/mol. The van der Waals surface area contributed by atoms with Crippen LogP contribution < -0.4 is 10.2 Å². The first-order chi connectivity index (χ1) is 8.87. The van der Waals surface area contributed by atoms with Gasteiger partial charge < -0.3 is 10.2 Å². The number of anilines is 1. The standard InChI is InChI=1S/C16H27N3/c1-12-10-19(11-13(12)2)15-6-7-17-8-14(15)9-18-16(3,4)5/h6-8,12-13,18H,9-11H2,1-5H3. The Hall–Kier alpha value is -1.09. The van der Waals surface area contributed by atoms with Gasteiger partial charge in [0, 0.05) is 48.8 Å². The maximum absolute atomic E-state index is 4.29. The van der Waals surface area contributed by atoms with Crippen LogP contribution in [0.2, 0.25) is 0 Å². The average Bonchev–Trinajstić information content (AvgIpc) is 2.66. The predicted molar refractivity (Wildman–Crippen MR) is 81.4 cm³/mol. The number of pyridine rings is 1. The number of nitrogens with zero attached hydrogens (tertiary/aromatic N) is 2. The van der Waals surface area contributed by atoms with Gasteiger partial charge in [0.2, 0.25) is 0 Å². The number of hydrogen-bond donors (Lipinski definition) is 1. The SMILES string of the molecule is CC1CN(c2ccncc2CNC(C)(C)C)CC1C. The van der Waals surface area contributed by atoms with Crippen LogP contribution in [0.15, 0.2) is 18.5 Å². The largest absolute Gasteiger partial charge is 0.371 e. The predicted octanol–water partition coefficient (Wildman–Crippen LogP) is 3.06. The second kappa shape index (κ2) is 5.49. The Morgan fingerprint density at radius 1 is 1.26 bits per heavy atom. The Morgan fingerprint density at radius 2 is 1.89 bits per heavy atom. The summed E-state index contributed by atoms with van der Waals surface area (Å²) in [7, 11) is 0. The lowest BCUT2D eigenvalue weighted by molar-refractivity contribution is 0.424. The Balaban J connectivity index is 2.13. The van der Waals surface area contributed by atoms with Gasteiger partial charge >= 0.3 is 0 Å². The molecule has 3 nitrogen and oxygen atoms in total. The Kier molecular flexibility index (Phi) is 4.14. The van der Waals surface area contributed by atoms with Crippen LogP contribution in [-0.4, -0.2) is 23.6 Å². The second-order valence-corrected chi connectivity index (χ2v) is 6.97. The van der Waals surface area contributed by atoms with E-state index < -0.39 is 0 Å². The van der Waals surface area contributed by atoms with Gasteiger partial charge in [-0.1, -0.05) is 13.8 Å². The van der Waals surface area contributed by atoms with E-state index in [0.717, 1.165) is 31.5 Å². The van der Waals surface area contributed by atoms with E-state index in [2.05, 4.69) is 55.9 Å². The lowest BCUT2D eigenvalue weighted by Crippen LogP contribution is -2.35. The van der Waals surface area contributed by atoms with Crippen molar-refractivity contribution in [1.82, 2.24) is 10.3 Å². The molecule has 0 radical (unpaired) electrons. The van der Waals surface area contributed by atoms with Crippen LogP contribution in [0.3, 0.4) is 0 Å². The van der Waals surface area contributed by atoms with E-state index in [4.69, 9.17) is 0 Å². The molecule has 1 fully saturated rings. The van der Waals surface area contributed by atoms with Crippen LogP contribution in [0.25, 0.3) is 0 Å². The van der Waals surface area contributed by atoms with Gasteiger partial charge in [-0.3, -0.25) is 4.98 Å². The molecule has 0 aromatic carbocycles. The van der Waals surface area contributed by atoms with Crippen molar-refractivity contribution >= 4 is 5.69 Å². The minimum absolute atomic E-state index is 0.138. The van der Waals surface area contributed by atoms with E-state index in [1.54, 1.807) is 0 Å². The smallest absolute Gasteiger partial charge is 0.0443 e. The molecular formula is C16H27N3. The highest BCUT2D eigenvalue weighted by Crippen LogP contribution is 2.29. The van der Waals surface area contributed by atoms with Gasteiger partial charge in [-0.05, 0) is 38.7 Å². The molecule has 0 spiro atoms. The number of hydrogen-bond acceptors (Lipinski definition) is 3. The lowest BCUT2D eigenvalue weighted by Gasteiger charge is -2.25. The molecule has 1 saturated heterocycles. The third kappa shape index (κ3) is 3.69. The Bertz CT molecular complexity index is 412. The summed E-state index contributed by atoms with van der Waals surface area (Å²) in [4.78, 5) is 6.80. The molecule has 0 bridgehead atoms. The Labute approximate surface area is 117 Å². The van der Waals surface area contributed by atoms with Gasteiger partial charge in [-0.25, -0.2) is 0 Å². The first-order valence-electron chi connectivity index (χ1n) is 7.29. The van der Waals surface area contributed by atoms with Crippen LogP contribution in [0.1, 0.15) is 40.2 Å². The van der Waals surface area contributed by atoms with Crippen molar-refractivity contribution < 1.29 is 0 Å². The minimum atomic E-state index is 0.138. The summed E-state index contributed by atoms with van der Waals surface area (Å²) >= 11 is 0. The zero-order valence-corrected chi connectivity index (χ0v) is 12.9. The highest BCUT2D eigenvalue weighted by molar-refractivity contribution is 5.53. The molecular weight excluding hydrogens is 234 g/mol. The monoisotopic (exact) mass is 261 g/mol. The van der Waals surface area contributed by atoms with Gasteiger partial charge in [0.25, 0.3) is 0 Å². The first kappa shape index (κ1) is 14.3. The van der Waals surface area contributed by atoms with Gasteiger partial charge in [0.05, 0.1) is 0 Å². The van der Waals surface area contributed by atoms with Crippen molar-refractivity contribution in [3.05, 3.63) is 24.0 Å². The molecule has 1 aliphatic rings. The zero-order chi connectivity index (χ0) is 14.0. The first-order valence-corrected chi connectivity index (χ1v) is 7.29. The van der Waals surface area contributed by atoms with Crippen molar-refractivity contribution in [1.29, 1.82) is 0 Å². The normalized spacial score (nSPS) is 23.9. The third-order valence-electron chi connectivity index (χ3n) is 4.02. The Morgan fingerprint density at radius 3 is 2.47 bits per heavy atom. The van der Waals surface area contributed by atoms with Crippen LogP contribution in [0.4, 0.5) is 5.69 Å². The van der Waals surface area contributed by atoms with Crippen molar-refractivity contribution in [3.63, 3.8) is 0 Å². The highest BCUT2D eigenvalue weighted by atomic mass is 15.2. The topological polar surface area (TPSA) is 28.2 Å². The number of aromatic nitrogens is 1. The van der Waals surface area contributed by atoms with Gasteiger partial charge in [-0.2, -0.15) is 0 Å². The maximum Gasteiger partial charge on any atom is 0.0443 e. The van der Waals surface area contributed by atoms with Gasteiger partial charge in [0.15, 0.2) is 0 Å². The van der Waals surface area contributed by atoms with Gasteiger partial charge in [0.1, 0.15) is 0 Å². The van der Waals surface area contributed by atoms with Crippen LogP contribution >= 0.6 is 0 Å². The van der Waals surface area contributed by atoms with E-state index in [0.29, 0.717) is 0 Å². The summed E-state index contributed by atoms with van der Waals surface area (Å²) in [5, 5.41) is 3.56. The van der Waals surface area contributed by atoms with Crippen molar-refractivity contribution in [2.24, 2.45) is 11.8 Å². The van der Waals surface area contributed by atoms with Crippen molar-refractivity contribution in [2.75, 3.05) is 18.0 Å². The highest BCUT2D eigenvalue weighted by Gasteiger charge is 2.27. The lowest BCUT2D eigenvalue weighted by atomic mass is 10.0. The molecule has 1 aromatic rings. The van der Waals surface area contributed by atoms with E-state index >= 15 is 0 Å². The van der Waals surface area contributed by atoms with Crippen LogP contribution in [0, 0.1) is 11.8 Å². The molecule has 106 valence electrons. The summed E-state index contributed by atoms with van der Waals surface area (Å²) in [5.74, 6) is 1.55. The fraction of sp³-hybridized carbons (Fsp3) is 0.688. The van der Waals surface area contributed by atoms with Gasteiger partial charge in [-0.15, -0.1) is 0 Å². The number of nitrogens with one attached hydrogen (secondary N) is 1. The van der Waals surface area contributed by atoms with Crippen LogP contribution in [-0.2, 0) is 6.54 Å². The van der Waals surface area contributed by atoms with Crippen molar-refractivity contribution in [2.45, 2.75) is 46.7 Å². The molecule has 3 heteroatoms. The van der Waals surface area contributed by atoms with E-state index in [1.807, 2.05) is 12.4 Å². The molecule has 2 heterocycles. The molecule has 0 amide bonds. The molecule has 2 atom stereocenters. The fourth-order valence-electron chi connectivity index (χ4n) is 2.55. The summed E-state index contributed by atoms with van der Waals surface area (Å²) in [6, 6.07) is 2.16. The quantitative estimate of drug-likeness (QED) is 0.906. The third-order valence-corrected chi connectivity index (χ3v) is 4.02. The van der Waals surface area contributed by atoms with E-state index in [-0.39, 0.29) is 5.54 Å². The number of rotatable bonds is 3. The molecule has 19 heavy (non-hydrogen) atoms. The summed E-state index contributed by atoms with van der Waals surface area (Å²) in [6.45, 7) is 14.5. The molecule has 2 rings (SSSR count).